The highest BCUT2D eigenvalue weighted by Crippen LogP contribution is 2.48. The maximum atomic E-state index is 13.7. The molecule has 0 saturated heterocycles. The van der Waals surface area contributed by atoms with Gasteiger partial charge in [0.1, 0.15) is 24.7 Å². The Bertz CT molecular complexity index is 1560. The Morgan fingerprint density at radius 2 is 2.03 bits per heavy atom. The van der Waals surface area contributed by atoms with Crippen molar-refractivity contribution in [2.24, 2.45) is 11.8 Å². The number of halogens is 1. The standard InChI is InChI=1S/C29H30FN5O3S/c1-19-25-17-32-35(23-7-5-22(30)6-8-23)27(25)15-20-3-4-21(29(19)20)18-34(12-11-31)39(36,37)24-9-10-26-28(16-24)38-14-13-33(26)2/h5-10,15-17,19,21,32H,3-4,12-14,18H2,1-2H3/t19-,21+/m0/s1. The molecule has 39 heavy (non-hydrogen) atoms. The Morgan fingerprint density at radius 3 is 2.79 bits per heavy atom. The van der Waals surface area contributed by atoms with Crippen LogP contribution in [0.25, 0.3) is 0 Å². The molecule has 0 amide bonds. The molecule has 0 bridgehead atoms. The minimum absolute atomic E-state index is 0.00305. The summed E-state index contributed by atoms with van der Waals surface area (Å²) in [6, 6.07) is 13.3. The number of allylic oxidation sites excluding steroid dienone is 3. The number of sulfonamides is 1. The van der Waals surface area contributed by atoms with Crippen LogP contribution in [0.5, 0.6) is 5.75 Å². The predicted molar refractivity (Wildman–Crippen MR) is 147 cm³/mol. The first-order chi connectivity index (χ1) is 18.8. The van der Waals surface area contributed by atoms with Gasteiger partial charge in [-0.25, -0.2) is 12.8 Å². The summed E-state index contributed by atoms with van der Waals surface area (Å²) in [5.41, 5.74) is 9.54. The Morgan fingerprint density at radius 1 is 1.23 bits per heavy atom. The van der Waals surface area contributed by atoms with E-state index in [0.29, 0.717) is 12.4 Å². The topological polar surface area (TPSA) is 88.9 Å². The van der Waals surface area contributed by atoms with Gasteiger partial charge in [0.2, 0.25) is 10.0 Å². The fourth-order valence-corrected chi connectivity index (χ4v) is 7.52. The molecule has 202 valence electrons. The number of fused-ring (bicyclic) bond motifs is 2. The van der Waals surface area contributed by atoms with Crippen LogP contribution >= 0.6 is 0 Å². The monoisotopic (exact) mass is 547 g/mol. The molecular weight excluding hydrogens is 517 g/mol. The molecule has 2 aromatic carbocycles. The Balaban J connectivity index is 1.28. The van der Waals surface area contributed by atoms with Gasteiger partial charge in [0.25, 0.3) is 0 Å². The minimum Gasteiger partial charge on any atom is -0.490 e. The van der Waals surface area contributed by atoms with Crippen molar-refractivity contribution in [3.8, 4) is 11.8 Å². The molecule has 0 fully saturated rings. The highest BCUT2D eigenvalue weighted by molar-refractivity contribution is 7.89. The minimum atomic E-state index is -3.91. The van der Waals surface area contributed by atoms with E-state index in [1.54, 1.807) is 30.3 Å². The summed E-state index contributed by atoms with van der Waals surface area (Å²) < 4.78 is 48.0. The lowest BCUT2D eigenvalue weighted by Crippen LogP contribution is -2.37. The van der Waals surface area contributed by atoms with Crippen LogP contribution in [0.1, 0.15) is 19.8 Å². The van der Waals surface area contributed by atoms with Crippen LogP contribution in [0.3, 0.4) is 0 Å². The summed E-state index contributed by atoms with van der Waals surface area (Å²) in [6.07, 6.45) is 5.77. The summed E-state index contributed by atoms with van der Waals surface area (Å²) in [4.78, 5) is 2.17. The van der Waals surface area contributed by atoms with E-state index in [2.05, 4.69) is 24.5 Å². The van der Waals surface area contributed by atoms with E-state index in [1.165, 1.54) is 27.6 Å². The van der Waals surface area contributed by atoms with Gasteiger partial charge < -0.3 is 15.1 Å². The molecule has 0 radical (unpaired) electrons. The second-order valence-corrected chi connectivity index (χ2v) is 12.3. The van der Waals surface area contributed by atoms with Crippen molar-refractivity contribution >= 4 is 21.4 Å². The smallest absolute Gasteiger partial charge is 0.244 e. The van der Waals surface area contributed by atoms with Crippen LogP contribution in [0.2, 0.25) is 0 Å². The number of nitrogens with zero attached hydrogens (tertiary/aromatic N) is 4. The molecule has 2 atom stereocenters. The van der Waals surface area contributed by atoms with E-state index >= 15 is 0 Å². The first kappa shape index (κ1) is 25.5. The molecule has 0 saturated carbocycles. The van der Waals surface area contributed by atoms with Crippen molar-refractivity contribution in [3.63, 3.8) is 0 Å². The Kier molecular flexibility index (Phi) is 6.36. The van der Waals surface area contributed by atoms with Crippen LogP contribution in [0, 0.1) is 29.0 Å². The summed E-state index contributed by atoms with van der Waals surface area (Å²) in [7, 11) is -1.97. The summed E-state index contributed by atoms with van der Waals surface area (Å²) in [5.74, 6) is 0.326. The van der Waals surface area contributed by atoms with Gasteiger partial charge >= 0.3 is 0 Å². The van der Waals surface area contributed by atoms with Crippen LogP contribution in [-0.2, 0) is 10.0 Å². The lowest BCUT2D eigenvalue weighted by atomic mass is 9.80. The molecule has 2 aromatic rings. The van der Waals surface area contributed by atoms with Gasteiger partial charge in [-0.1, -0.05) is 12.5 Å². The molecule has 1 N–H and O–H groups in total. The number of rotatable bonds is 6. The number of ether oxygens (including phenoxy) is 1. The fourth-order valence-electron chi connectivity index (χ4n) is 6.13. The number of hydrazine groups is 1. The van der Waals surface area contributed by atoms with Gasteiger partial charge in [-0.15, -0.1) is 0 Å². The Labute approximate surface area is 228 Å². The van der Waals surface area contributed by atoms with Crippen molar-refractivity contribution in [1.29, 1.82) is 5.26 Å². The van der Waals surface area contributed by atoms with Crippen LogP contribution < -0.4 is 20.1 Å². The number of benzene rings is 2. The molecule has 10 heteroatoms. The van der Waals surface area contributed by atoms with Crippen LogP contribution in [-0.4, -0.2) is 46.0 Å². The maximum Gasteiger partial charge on any atom is 0.244 e. The molecule has 0 unspecified atom stereocenters. The molecule has 6 rings (SSSR count). The van der Waals surface area contributed by atoms with Crippen molar-refractivity contribution in [1.82, 2.24) is 9.73 Å². The van der Waals surface area contributed by atoms with Gasteiger partial charge in [-0.3, -0.25) is 5.01 Å². The fraction of sp³-hybridized carbons (Fsp3) is 0.345. The molecular formula is C29H30FN5O3S. The zero-order chi connectivity index (χ0) is 27.3. The van der Waals surface area contributed by atoms with Gasteiger partial charge in [-0.2, -0.15) is 9.57 Å². The third-order valence-electron chi connectivity index (χ3n) is 8.12. The maximum absolute atomic E-state index is 13.7. The van der Waals surface area contributed by atoms with Crippen LogP contribution in [0.15, 0.2) is 82.1 Å². The highest BCUT2D eigenvalue weighted by atomic mass is 32.2. The number of anilines is 2. The molecule has 2 heterocycles. The van der Waals surface area contributed by atoms with Crippen molar-refractivity contribution in [2.75, 3.05) is 43.2 Å². The number of hydrogen-bond acceptors (Lipinski definition) is 7. The van der Waals surface area contributed by atoms with Gasteiger partial charge in [-0.05, 0) is 66.8 Å². The van der Waals surface area contributed by atoms with E-state index < -0.39 is 10.0 Å². The van der Waals surface area contributed by atoms with E-state index in [-0.39, 0.29) is 35.6 Å². The van der Waals surface area contributed by atoms with E-state index in [1.807, 2.05) is 23.2 Å². The molecule has 0 spiro atoms. The third-order valence-corrected chi connectivity index (χ3v) is 9.93. The molecule has 8 nitrogen and oxygen atoms in total. The second-order valence-electron chi connectivity index (χ2n) is 10.4. The summed E-state index contributed by atoms with van der Waals surface area (Å²) >= 11 is 0. The molecule has 2 aliphatic heterocycles. The summed E-state index contributed by atoms with van der Waals surface area (Å²) in [6.45, 7) is 3.38. The van der Waals surface area contributed by atoms with Crippen molar-refractivity contribution in [3.05, 3.63) is 83.0 Å². The second kappa shape index (κ2) is 9.74. The predicted octanol–water partition coefficient (Wildman–Crippen LogP) is 4.32. The van der Waals surface area contributed by atoms with E-state index in [4.69, 9.17) is 4.74 Å². The van der Waals surface area contributed by atoms with E-state index in [0.717, 1.165) is 42.0 Å². The van der Waals surface area contributed by atoms with Crippen molar-refractivity contribution < 1.29 is 17.5 Å². The number of likely N-dealkylation sites (N-methyl/N-ethyl adjacent to an activating group) is 1. The number of hydrogen-bond donors (Lipinski definition) is 1. The lowest BCUT2D eigenvalue weighted by Gasteiger charge is -2.32. The third kappa shape index (κ3) is 4.36. The van der Waals surface area contributed by atoms with Gasteiger partial charge in [0, 0.05) is 37.3 Å². The van der Waals surface area contributed by atoms with Gasteiger partial charge in [0.15, 0.2) is 0 Å². The average molecular weight is 548 g/mol. The lowest BCUT2D eigenvalue weighted by molar-refractivity contribution is 0.310. The molecule has 0 aromatic heterocycles. The average Bonchev–Trinajstić information content (AvgIpc) is 3.54. The summed E-state index contributed by atoms with van der Waals surface area (Å²) in [5, 5.41) is 11.5. The first-order valence-corrected chi connectivity index (χ1v) is 14.5. The van der Waals surface area contributed by atoms with E-state index in [9.17, 15) is 18.1 Å². The first-order valence-electron chi connectivity index (χ1n) is 13.1. The van der Waals surface area contributed by atoms with Crippen LogP contribution in [0.4, 0.5) is 15.8 Å². The Hall–Kier alpha value is -3.81. The number of nitrogens with one attached hydrogen (secondary N) is 1. The zero-order valence-corrected chi connectivity index (χ0v) is 22.7. The SMILES string of the molecule is C[C@H]1C2=CNN(c3ccc(F)cc3)C2=CC2=C1[C@@H](CN(CC#N)S(=O)(=O)c1ccc3c(c1)OCCN3C)CC2. The largest absolute Gasteiger partial charge is 0.490 e. The molecule has 4 aliphatic rings. The highest BCUT2D eigenvalue weighted by Gasteiger charge is 2.40. The van der Waals surface area contributed by atoms with Gasteiger partial charge in [0.05, 0.1) is 34.6 Å². The number of nitriles is 1. The quantitative estimate of drug-likeness (QED) is 0.539. The normalized spacial score (nSPS) is 21.9. The van der Waals surface area contributed by atoms with Crippen molar-refractivity contribution in [2.45, 2.75) is 24.7 Å². The molecule has 2 aliphatic carbocycles. The zero-order valence-electron chi connectivity index (χ0n) is 21.9.